The second kappa shape index (κ2) is 6.89. The zero-order chi connectivity index (χ0) is 12.0. The summed E-state index contributed by atoms with van der Waals surface area (Å²) in [7, 11) is 0. The maximum Gasteiger partial charge on any atom is 0.307 e. The summed E-state index contributed by atoms with van der Waals surface area (Å²) < 4.78 is 4.91. The highest BCUT2D eigenvalue weighted by molar-refractivity contribution is 5.69. The van der Waals surface area contributed by atoms with E-state index in [1.54, 1.807) is 0 Å². The van der Waals surface area contributed by atoms with Gasteiger partial charge < -0.3 is 10.1 Å². The molecule has 0 amide bonds. The zero-order valence-electron chi connectivity index (χ0n) is 10.8. The number of hydrogen-bond acceptors (Lipinski definition) is 3. The lowest BCUT2D eigenvalue weighted by Gasteiger charge is -2.35. The van der Waals surface area contributed by atoms with Crippen LogP contribution >= 0.6 is 0 Å². The molecule has 2 unspecified atom stereocenters. The van der Waals surface area contributed by atoms with Crippen LogP contribution < -0.4 is 5.32 Å². The molecule has 1 saturated carbocycles. The predicted molar refractivity (Wildman–Crippen MR) is 65.2 cm³/mol. The molecule has 1 N–H and O–H groups in total. The van der Waals surface area contributed by atoms with Crippen LogP contribution in [0.1, 0.15) is 46.5 Å². The van der Waals surface area contributed by atoms with E-state index in [-0.39, 0.29) is 5.97 Å². The molecular formula is C13H25NO2. The third kappa shape index (κ3) is 4.12. The van der Waals surface area contributed by atoms with Gasteiger partial charge in [-0.1, -0.05) is 20.3 Å². The first-order valence-electron chi connectivity index (χ1n) is 6.54. The fraction of sp³-hybridized carbons (Fsp3) is 0.923. The van der Waals surface area contributed by atoms with Crippen LogP contribution in [0.3, 0.4) is 0 Å². The van der Waals surface area contributed by atoms with E-state index in [1.165, 1.54) is 19.3 Å². The Balaban J connectivity index is 2.22. The number of hydrogen-bond donors (Lipinski definition) is 1. The Labute approximate surface area is 98.9 Å². The lowest BCUT2D eigenvalue weighted by atomic mass is 9.79. The van der Waals surface area contributed by atoms with Crippen molar-refractivity contribution in [2.24, 2.45) is 11.8 Å². The number of nitrogens with one attached hydrogen (secondary N) is 1. The van der Waals surface area contributed by atoms with Gasteiger partial charge in [-0.3, -0.25) is 4.79 Å². The van der Waals surface area contributed by atoms with Gasteiger partial charge in [0, 0.05) is 12.6 Å². The molecule has 3 nitrogen and oxygen atoms in total. The minimum atomic E-state index is -0.0916. The van der Waals surface area contributed by atoms with Gasteiger partial charge in [-0.15, -0.1) is 0 Å². The first-order chi connectivity index (χ1) is 7.65. The molecule has 0 aromatic heterocycles. The first-order valence-corrected chi connectivity index (χ1v) is 6.54. The van der Waals surface area contributed by atoms with Crippen molar-refractivity contribution in [3.63, 3.8) is 0 Å². The monoisotopic (exact) mass is 227 g/mol. The molecule has 0 bridgehead atoms. The van der Waals surface area contributed by atoms with Gasteiger partial charge in [0.2, 0.25) is 0 Å². The number of ether oxygens (including phenoxy) is 1. The van der Waals surface area contributed by atoms with Gasteiger partial charge >= 0.3 is 5.97 Å². The third-order valence-electron chi connectivity index (χ3n) is 3.56. The van der Waals surface area contributed by atoms with Crippen LogP contribution in [-0.4, -0.2) is 25.2 Å². The van der Waals surface area contributed by atoms with E-state index in [0.717, 1.165) is 18.4 Å². The lowest BCUT2D eigenvalue weighted by molar-refractivity contribution is -0.143. The molecule has 1 aliphatic carbocycles. The highest BCUT2D eigenvalue weighted by atomic mass is 16.5. The van der Waals surface area contributed by atoms with Crippen molar-refractivity contribution in [3.05, 3.63) is 0 Å². The predicted octanol–water partition coefficient (Wildman–Crippen LogP) is 2.35. The second-order valence-electron chi connectivity index (χ2n) is 4.92. The zero-order valence-corrected chi connectivity index (χ0v) is 10.8. The van der Waals surface area contributed by atoms with E-state index in [4.69, 9.17) is 4.74 Å². The molecule has 0 aromatic rings. The van der Waals surface area contributed by atoms with Gasteiger partial charge in [-0.05, 0) is 31.6 Å². The molecule has 0 aromatic carbocycles. The van der Waals surface area contributed by atoms with E-state index < -0.39 is 0 Å². The van der Waals surface area contributed by atoms with E-state index in [0.29, 0.717) is 19.1 Å². The van der Waals surface area contributed by atoms with Crippen molar-refractivity contribution in [2.75, 3.05) is 13.2 Å². The molecule has 0 aliphatic heterocycles. The van der Waals surface area contributed by atoms with Crippen LogP contribution in [-0.2, 0) is 9.53 Å². The molecule has 3 heteroatoms. The van der Waals surface area contributed by atoms with Crippen LogP contribution in [0.2, 0.25) is 0 Å². The summed E-state index contributed by atoms with van der Waals surface area (Å²) in [5.74, 6) is 1.36. The van der Waals surface area contributed by atoms with Crippen molar-refractivity contribution in [1.82, 2.24) is 5.32 Å². The number of carbonyl (C=O) groups is 1. The Morgan fingerprint density at radius 2 is 1.94 bits per heavy atom. The van der Waals surface area contributed by atoms with Crippen LogP contribution in [0.4, 0.5) is 0 Å². The second-order valence-corrected chi connectivity index (χ2v) is 4.92. The molecule has 94 valence electrons. The highest BCUT2D eigenvalue weighted by Crippen LogP contribution is 2.28. The molecule has 0 heterocycles. The van der Waals surface area contributed by atoms with Crippen molar-refractivity contribution in [2.45, 2.75) is 52.5 Å². The van der Waals surface area contributed by atoms with Crippen molar-refractivity contribution >= 4 is 5.97 Å². The minimum absolute atomic E-state index is 0.0916. The fourth-order valence-corrected chi connectivity index (χ4v) is 2.66. The van der Waals surface area contributed by atoms with Crippen molar-refractivity contribution in [1.29, 1.82) is 0 Å². The molecule has 1 fully saturated rings. The average molecular weight is 227 g/mol. The lowest BCUT2D eigenvalue weighted by Crippen LogP contribution is -2.43. The number of carbonyl (C=O) groups excluding carboxylic acids is 1. The standard InChI is InChI=1S/C13H25NO2/c1-4-16-12(15)8-9-14-13-10(2)6-5-7-11(13)3/h10-11,13-14H,4-9H2,1-3H3. The maximum absolute atomic E-state index is 11.2. The van der Waals surface area contributed by atoms with E-state index >= 15 is 0 Å². The van der Waals surface area contributed by atoms with Gasteiger partial charge in [-0.2, -0.15) is 0 Å². The maximum atomic E-state index is 11.2. The molecule has 16 heavy (non-hydrogen) atoms. The summed E-state index contributed by atoms with van der Waals surface area (Å²) in [6, 6.07) is 0.572. The van der Waals surface area contributed by atoms with Gasteiger partial charge in [-0.25, -0.2) is 0 Å². The smallest absolute Gasteiger partial charge is 0.307 e. The highest BCUT2D eigenvalue weighted by Gasteiger charge is 2.26. The van der Waals surface area contributed by atoms with Gasteiger partial charge in [0.25, 0.3) is 0 Å². The molecule has 1 rings (SSSR count). The average Bonchev–Trinajstić information content (AvgIpc) is 2.23. The molecule has 0 saturated heterocycles. The molecule has 0 spiro atoms. The van der Waals surface area contributed by atoms with E-state index in [9.17, 15) is 4.79 Å². The fourth-order valence-electron chi connectivity index (χ4n) is 2.66. The molecular weight excluding hydrogens is 202 g/mol. The Kier molecular flexibility index (Phi) is 5.81. The molecule has 1 aliphatic rings. The normalized spacial score (nSPS) is 30.1. The summed E-state index contributed by atoms with van der Waals surface area (Å²) in [5, 5.41) is 3.51. The van der Waals surface area contributed by atoms with Gasteiger partial charge in [0.05, 0.1) is 13.0 Å². The Morgan fingerprint density at radius 3 is 2.50 bits per heavy atom. The van der Waals surface area contributed by atoms with E-state index in [1.807, 2.05) is 6.92 Å². The quantitative estimate of drug-likeness (QED) is 0.733. The Bertz CT molecular complexity index is 208. The van der Waals surface area contributed by atoms with Crippen LogP contribution in [0.5, 0.6) is 0 Å². The summed E-state index contributed by atoms with van der Waals surface area (Å²) in [6.07, 6.45) is 4.45. The van der Waals surface area contributed by atoms with Crippen LogP contribution in [0.25, 0.3) is 0 Å². The molecule has 2 atom stereocenters. The van der Waals surface area contributed by atoms with Crippen LogP contribution in [0, 0.1) is 11.8 Å². The summed E-state index contributed by atoms with van der Waals surface area (Å²) in [5.41, 5.74) is 0. The van der Waals surface area contributed by atoms with Crippen LogP contribution in [0.15, 0.2) is 0 Å². The summed E-state index contributed by atoms with van der Waals surface area (Å²) in [4.78, 5) is 11.2. The number of esters is 1. The Morgan fingerprint density at radius 1 is 1.31 bits per heavy atom. The number of rotatable bonds is 5. The molecule has 0 radical (unpaired) electrons. The van der Waals surface area contributed by atoms with Crippen molar-refractivity contribution in [3.8, 4) is 0 Å². The van der Waals surface area contributed by atoms with Gasteiger partial charge in [0.1, 0.15) is 0 Å². The largest absolute Gasteiger partial charge is 0.466 e. The SMILES string of the molecule is CCOC(=O)CCNC1C(C)CCCC1C. The van der Waals surface area contributed by atoms with Gasteiger partial charge in [0.15, 0.2) is 0 Å². The summed E-state index contributed by atoms with van der Waals surface area (Å²) in [6.45, 7) is 7.68. The third-order valence-corrected chi connectivity index (χ3v) is 3.56. The summed E-state index contributed by atoms with van der Waals surface area (Å²) >= 11 is 0. The first kappa shape index (κ1) is 13.5. The van der Waals surface area contributed by atoms with E-state index in [2.05, 4.69) is 19.2 Å². The minimum Gasteiger partial charge on any atom is -0.466 e. The topological polar surface area (TPSA) is 38.3 Å². The Hall–Kier alpha value is -0.570. The van der Waals surface area contributed by atoms with Crippen molar-refractivity contribution < 1.29 is 9.53 Å².